The van der Waals surface area contributed by atoms with Crippen LogP contribution < -0.4 is 0 Å². The van der Waals surface area contributed by atoms with Gasteiger partial charge >= 0.3 is 0 Å². The summed E-state index contributed by atoms with van der Waals surface area (Å²) < 4.78 is 15.8. The van der Waals surface area contributed by atoms with E-state index in [1.807, 2.05) is 12.1 Å². The number of hydrogen-bond acceptors (Lipinski definition) is 3. The first-order valence-electron chi connectivity index (χ1n) is 4.21. The number of furan rings is 1. The molecule has 1 aliphatic heterocycles. The van der Waals surface area contributed by atoms with E-state index in [-0.39, 0.29) is 6.29 Å². The molecular weight excluding hydrogens is 156 g/mol. The molecule has 0 aliphatic carbocycles. The van der Waals surface area contributed by atoms with Crippen molar-refractivity contribution in [2.24, 2.45) is 0 Å². The Morgan fingerprint density at radius 2 is 2.58 bits per heavy atom. The molecule has 0 N–H and O–H groups in total. The van der Waals surface area contributed by atoms with Crippen molar-refractivity contribution in [3.63, 3.8) is 0 Å². The highest BCUT2D eigenvalue weighted by molar-refractivity contribution is 4.96. The van der Waals surface area contributed by atoms with Crippen LogP contribution in [0.15, 0.2) is 22.8 Å². The predicted molar refractivity (Wildman–Crippen MR) is 42.5 cm³/mol. The maximum Gasteiger partial charge on any atom is 0.158 e. The molecule has 2 heterocycles. The molecule has 1 aromatic heterocycles. The van der Waals surface area contributed by atoms with Crippen LogP contribution in [0.1, 0.15) is 18.6 Å². The van der Waals surface area contributed by atoms with E-state index in [9.17, 15) is 0 Å². The Kier molecular flexibility index (Phi) is 2.44. The molecule has 1 atom stereocenters. The fraction of sp³-hybridized carbons (Fsp3) is 0.556. The van der Waals surface area contributed by atoms with Crippen molar-refractivity contribution in [1.29, 1.82) is 0 Å². The maximum atomic E-state index is 5.43. The van der Waals surface area contributed by atoms with E-state index >= 15 is 0 Å². The Balaban J connectivity index is 1.74. The van der Waals surface area contributed by atoms with E-state index in [1.165, 1.54) is 0 Å². The van der Waals surface area contributed by atoms with Crippen LogP contribution >= 0.6 is 0 Å². The normalized spacial score (nSPS) is 23.2. The fourth-order valence-corrected chi connectivity index (χ4v) is 1.25. The Labute approximate surface area is 71.3 Å². The molecule has 3 nitrogen and oxygen atoms in total. The minimum absolute atomic E-state index is 0.0184. The van der Waals surface area contributed by atoms with Crippen molar-refractivity contribution in [3.05, 3.63) is 24.2 Å². The van der Waals surface area contributed by atoms with E-state index in [0.717, 1.165) is 25.2 Å². The Morgan fingerprint density at radius 1 is 1.58 bits per heavy atom. The van der Waals surface area contributed by atoms with Crippen LogP contribution in [0.2, 0.25) is 0 Å². The van der Waals surface area contributed by atoms with Crippen molar-refractivity contribution >= 4 is 0 Å². The van der Waals surface area contributed by atoms with E-state index < -0.39 is 0 Å². The van der Waals surface area contributed by atoms with E-state index in [2.05, 4.69) is 0 Å². The highest BCUT2D eigenvalue weighted by atomic mass is 16.7. The smallest absolute Gasteiger partial charge is 0.158 e. The molecule has 1 aliphatic rings. The maximum absolute atomic E-state index is 5.43. The number of ether oxygens (including phenoxy) is 2. The van der Waals surface area contributed by atoms with Gasteiger partial charge in [-0.2, -0.15) is 0 Å². The molecule has 1 unspecified atom stereocenters. The van der Waals surface area contributed by atoms with E-state index in [0.29, 0.717) is 6.61 Å². The summed E-state index contributed by atoms with van der Waals surface area (Å²) >= 11 is 0. The zero-order valence-electron chi connectivity index (χ0n) is 6.86. The summed E-state index contributed by atoms with van der Waals surface area (Å²) in [5.74, 6) is 0.852. The first-order valence-corrected chi connectivity index (χ1v) is 4.21. The summed E-state index contributed by atoms with van der Waals surface area (Å²) in [5, 5.41) is 0. The summed E-state index contributed by atoms with van der Waals surface area (Å²) in [4.78, 5) is 0. The van der Waals surface area contributed by atoms with Gasteiger partial charge in [0, 0.05) is 13.0 Å². The van der Waals surface area contributed by atoms with Crippen LogP contribution in [-0.4, -0.2) is 12.9 Å². The number of rotatable bonds is 3. The second kappa shape index (κ2) is 3.74. The molecule has 1 aromatic rings. The van der Waals surface area contributed by atoms with Gasteiger partial charge in [-0.1, -0.05) is 0 Å². The van der Waals surface area contributed by atoms with Gasteiger partial charge in [0.1, 0.15) is 12.4 Å². The van der Waals surface area contributed by atoms with Gasteiger partial charge in [0.05, 0.1) is 6.26 Å². The molecule has 2 rings (SSSR count). The standard InChI is InChI=1S/C9H12O3/c1-3-8(10-5-1)7-12-9-4-2-6-11-9/h1,3,5,9H,2,4,6-7H2. The molecule has 0 radical (unpaired) electrons. The molecule has 0 spiro atoms. The average molecular weight is 168 g/mol. The monoisotopic (exact) mass is 168 g/mol. The SMILES string of the molecule is c1coc(COC2CCCO2)c1. The average Bonchev–Trinajstić information content (AvgIpc) is 2.74. The minimum Gasteiger partial charge on any atom is -0.467 e. The lowest BCUT2D eigenvalue weighted by molar-refractivity contribution is -0.122. The van der Waals surface area contributed by atoms with Gasteiger partial charge in [0.25, 0.3) is 0 Å². The Morgan fingerprint density at radius 3 is 3.25 bits per heavy atom. The number of hydrogen-bond donors (Lipinski definition) is 0. The molecule has 0 saturated carbocycles. The third kappa shape index (κ3) is 1.87. The highest BCUT2D eigenvalue weighted by Gasteiger charge is 2.15. The van der Waals surface area contributed by atoms with Gasteiger partial charge < -0.3 is 13.9 Å². The lowest BCUT2D eigenvalue weighted by Gasteiger charge is -2.08. The summed E-state index contributed by atoms with van der Waals surface area (Å²) in [6.45, 7) is 1.33. The van der Waals surface area contributed by atoms with Gasteiger partial charge in [0.15, 0.2) is 6.29 Å². The minimum atomic E-state index is -0.0184. The molecule has 0 aromatic carbocycles. The van der Waals surface area contributed by atoms with Gasteiger partial charge in [-0.15, -0.1) is 0 Å². The second-order valence-electron chi connectivity index (χ2n) is 2.83. The van der Waals surface area contributed by atoms with Crippen LogP contribution in [0.5, 0.6) is 0 Å². The van der Waals surface area contributed by atoms with Gasteiger partial charge in [-0.05, 0) is 18.6 Å². The van der Waals surface area contributed by atoms with Crippen LogP contribution in [0.3, 0.4) is 0 Å². The first-order chi connectivity index (χ1) is 5.95. The second-order valence-corrected chi connectivity index (χ2v) is 2.83. The van der Waals surface area contributed by atoms with Gasteiger partial charge in [0.2, 0.25) is 0 Å². The van der Waals surface area contributed by atoms with Crippen LogP contribution in [-0.2, 0) is 16.1 Å². The van der Waals surface area contributed by atoms with E-state index in [4.69, 9.17) is 13.9 Å². The van der Waals surface area contributed by atoms with Crippen molar-refractivity contribution in [2.75, 3.05) is 6.61 Å². The van der Waals surface area contributed by atoms with Crippen molar-refractivity contribution in [3.8, 4) is 0 Å². The zero-order chi connectivity index (χ0) is 8.23. The molecular formula is C9H12O3. The molecule has 0 amide bonds. The molecule has 66 valence electrons. The molecule has 0 bridgehead atoms. The summed E-state index contributed by atoms with van der Waals surface area (Å²) in [7, 11) is 0. The topological polar surface area (TPSA) is 31.6 Å². The summed E-state index contributed by atoms with van der Waals surface area (Å²) in [5.41, 5.74) is 0. The third-order valence-corrected chi connectivity index (χ3v) is 1.88. The van der Waals surface area contributed by atoms with Crippen LogP contribution in [0.25, 0.3) is 0 Å². The zero-order valence-corrected chi connectivity index (χ0v) is 6.86. The van der Waals surface area contributed by atoms with Gasteiger partial charge in [-0.3, -0.25) is 0 Å². The molecule has 3 heteroatoms. The van der Waals surface area contributed by atoms with Crippen LogP contribution in [0.4, 0.5) is 0 Å². The van der Waals surface area contributed by atoms with Crippen molar-refractivity contribution in [2.45, 2.75) is 25.7 Å². The van der Waals surface area contributed by atoms with Crippen molar-refractivity contribution < 1.29 is 13.9 Å². The molecule has 1 saturated heterocycles. The predicted octanol–water partition coefficient (Wildman–Crippen LogP) is 1.93. The largest absolute Gasteiger partial charge is 0.467 e. The first kappa shape index (κ1) is 7.83. The van der Waals surface area contributed by atoms with Crippen LogP contribution in [0, 0.1) is 0 Å². The lowest BCUT2D eigenvalue weighted by atomic mass is 10.4. The third-order valence-electron chi connectivity index (χ3n) is 1.88. The van der Waals surface area contributed by atoms with Gasteiger partial charge in [-0.25, -0.2) is 0 Å². The summed E-state index contributed by atoms with van der Waals surface area (Å²) in [6.07, 6.45) is 3.73. The highest BCUT2D eigenvalue weighted by Crippen LogP contribution is 2.15. The van der Waals surface area contributed by atoms with E-state index in [1.54, 1.807) is 6.26 Å². The Bertz CT molecular complexity index is 212. The lowest BCUT2D eigenvalue weighted by Crippen LogP contribution is -2.09. The quantitative estimate of drug-likeness (QED) is 0.691. The van der Waals surface area contributed by atoms with Crippen molar-refractivity contribution in [1.82, 2.24) is 0 Å². The fourth-order valence-electron chi connectivity index (χ4n) is 1.25. The Hall–Kier alpha value is -0.800. The molecule has 12 heavy (non-hydrogen) atoms. The summed E-state index contributed by atoms with van der Waals surface area (Å²) in [6, 6.07) is 3.75. The molecule has 1 fully saturated rings.